The lowest BCUT2D eigenvalue weighted by atomic mass is 10.1. The van der Waals surface area contributed by atoms with Crippen LogP contribution in [0.15, 0.2) is 0 Å². The summed E-state index contributed by atoms with van der Waals surface area (Å²) in [5, 5.41) is 3.07. The Morgan fingerprint density at radius 1 is 1.55 bits per heavy atom. The molecular weight excluding hydrogens is 166 g/mol. The average molecular weight is 179 g/mol. The minimum Gasteiger partial charge on any atom is -0.314 e. The maximum atomic E-state index is 10.6. The van der Waals surface area contributed by atoms with Crippen molar-refractivity contribution in [3.63, 3.8) is 0 Å². The molecule has 4 nitrogen and oxygen atoms in total. The third-order valence-corrected chi connectivity index (χ3v) is 2.18. The molecule has 0 saturated carbocycles. The van der Waals surface area contributed by atoms with Crippen molar-refractivity contribution < 1.29 is 12.6 Å². The van der Waals surface area contributed by atoms with E-state index in [0.29, 0.717) is 6.54 Å². The van der Waals surface area contributed by atoms with E-state index < -0.39 is 10.1 Å². The second-order valence-electron chi connectivity index (χ2n) is 2.77. The molecule has 1 saturated heterocycles. The van der Waals surface area contributed by atoms with Gasteiger partial charge >= 0.3 is 0 Å². The summed E-state index contributed by atoms with van der Waals surface area (Å²) in [6.45, 7) is 1.61. The second kappa shape index (κ2) is 3.51. The van der Waals surface area contributed by atoms with Crippen molar-refractivity contribution in [1.29, 1.82) is 0 Å². The topological polar surface area (TPSA) is 55.4 Å². The molecule has 11 heavy (non-hydrogen) atoms. The Morgan fingerprint density at radius 2 is 2.27 bits per heavy atom. The third-order valence-electron chi connectivity index (χ3n) is 1.56. The van der Waals surface area contributed by atoms with Crippen LogP contribution in [0.2, 0.25) is 0 Å². The van der Waals surface area contributed by atoms with Crippen molar-refractivity contribution >= 4 is 10.1 Å². The van der Waals surface area contributed by atoms with Gasteiger partial charge in [-0.2, -0.15) is 8.42 Å². The first-order valence-electron chi connectivity index (χ1n) is 3.67. The van der Waals surface area contributed by atoms with Gasteiger partial charge in [-0.1, -0.05) is 0 Å². The molecule has 0 aliphatic carbocycles. The van der Waals surface area contributed by atoms with Crippen LogP contribution in [0.5, 0.6) is 0 Å². The molecular formula is C6H13NO3S. The van der Waals surface area contributed by atoms with Crippen molar-refractivity contribution in [1.82, 2.24) is 5.32 Å². The smallest absolute Gasteiger partial charge is 0.264 e. The molecule has 0 radical (unpaired) electrons. The summed E-state index contributed by atoms with van der Waals surface area (Å²) in [5.41, 5.74) is 0. The molecule has 1 atom stereocenters. The zero-order valence-corrected chi connectivity index (χ0v) is 7.36. The molecule has 1 unspecified atom stereocenters. The van der Waals surface area contributed by atoms with Crippen LogP contribution in [0.1, 0.15) is 12.8 Å². The SMILES string of the molecule is CS(=O)(=O)OC1CCCNC1. The van der Waals surface area contributed by atoms with Crippen LogP contribution in [0, 0.1) is 0 Å². The van der Waals surface area contributed by atoms with Crippen LogP contribution < -0.4 is 5.32 Å². The zero-order chi connectivity index (χ0) is 8.32. The lowest BCUT2D eigenvalue weighted by Crippen LogP contribution is -2.36. The average Bonchev–Trinajstić information content (AvgIpc) is 1.85. The highest BCUT2D eigenvalue weighted by atomic mass is 32.2. The van der Waals surface area contributed by atoms with E-state index in [1.54, 1.807) is 0 Å². The fourth-order valence-electron chi connectivity index (χ4n) is 1.15. The van der Waals surface area contributed by atoms with E-state index in [1.165, 1.54) is 0 Å². The summed E-state index contributed by atoms with van der Waals surface area (Å²) >= 11 is 0. The van der Waals surface area contributed by atoms with Crippen molar-refractivity contribution in [2.75, 3.05) is 19.3 Å². The third kappa shape index (κ3) is 3.69. The van der Waals surface area contributed by atoms with Crippen LogP contribution in [0.3, 0.4) is 0 Å². The highest BCUT2D eigenvalue weighted by Gasteiger charge is 2.17. The predicted molar refractivity (Wildman–Crippen MR) is 41.8 cm³/mol. The summed E-state index contributed by atoms with van der Waals surface area (Å²) in [6, 6.07) is 0. The molecule has 1 aliphatic rings. The van der Waals surface area contributed by atoms with Gasteiger partial charge in [0.05, 0.1) is 12.4 Å². The lowest BCUT2D eigenvalue weighted by molar-refractivity contribution is 0.176. The number of hydrogen-bond acceptors (Lipinski definition) is 4. The summed E-state index contributed by atoms with van der Waals surface area (Å²) in [7, 11) is -3.26. The Labute approximate surface area is 67.1 Å². The van der Waals surface area contributed by atoms with Crippen molar-refractivity contribution in [2.45, 2.75) is 18.9 Å². The molecule has 1 N–H and O–H groups in total. The maximum Gasteiger partial charge on any atom is 0.264 e. The highest BCUT2D eigenvalue weighted by Crippen LogP contribution is 2.07. The van der Waals surface area contributed by atoms with Gasteiger partial charge in [-0.15, -0.1) is 0 Å². The molecule has 1 rings (SSSR count). The number of piperidine rings is 1. The fourth-order valence-corrected chi connectivity index (χ4v) is 1.81. The summed E-state index contributed by atoms with van der Waals surface area (Å²) in [5.74, 6) is 0. The minimum absolute atomic E-state index is 0.154. The molecule has 5 heteroatoms. The van der Waals surface area contributed by atoms with Gasteiger partial charge < -0.3 is 5.32 Å². The van der Waals surface area contributed by atoms with Gasteiger partial charge in [0, 0.05) is 6.54 Å². The van der Waals surface area contributed by atoms with Crippen LogP contribution in [0.4, 0.5) is 0 Å². The van der Waals surface area contributed by atoms with Crippen LogP contribution in [0.25, 0.3) is 0 Å². The second-order valence-corrected chi connectivity index (χ2v) is 4.37. The number of nitrogens with one attached hydrogen (secondary N) is 1. The summed E-state index contributed by atoms with van der Waals surface area (Å²) in [4.78, 5) is 0. The molecule has 0 bridgehead atoms. The highest BCUT2D eigenvalue weighted by molar-refractivity contribution is 7.86. The molecule has 0 spiro atoms. The van der Waals surface area contributed by atoms with Gasteiger partial charge in [0.1, 0.15) is 0 Å². The van der Waals surface area contributed by atoms with Gasteiger partial charge in [-0.3, -0.25) is 4.18 Å². The predicted octanol–water partition coefficient (Wildman–Crippen LogP) is -0.285. The van der Waals surface area contributed by atoms with E-state index in [2.05, 4.69) is 5.32 Å². The monoisotopic (exact) mass is 179 g/mol. The Hall–Kier alpha value is -0.130. The van der Waals surface area contributed by atoms with E-state index in [0.717, 1.165) is 25.6 Å². The van der Waals surface area contributed by atoms with E-state index in [9.17, 15) is 8.42 Å². The molecule has 0 aromatic rings. The first-order chi connectivity index (χ1) is 5.08. The Balaban J connectivity index is 2.36. The Kier molecular flexibility index (Phi) is 2.86. The molecule has 0 amide bonds. The summed E-state index contributed by atoms with van der Waals surface area (Å²) in [6.07, 6.45) is 2.75. The quantitative estimate of drug-likeness (QED) is 0.592. The van der Waals surface area contributed by atoms with E-state index >= 15 is 0 Å². The Morgan fingerprint density at radius 3 is 2.73 bits per heavy atom. The minimum atomic E-state index is -3.26. The molecule has 1 fully saturated rings. The molecule has 1 heterocycles. The normalized spacial score (nSPS) is 26.8. The van der Waals surface area contributed by atoms with Gasteiger partial charge in [-0.05, 0) is 19.4 Å². The molecule has 1 aliphatic heterocycles. The van der Waals surface area contributed by atoms with Crippen LogP contribution >= 0.6 is 0 Å². The molecule has 0 aromatic heterocycles. The van der Waals surface area contributed by atoms with Gasteiger partial charge in [-0.25, -0.2) is 0 Å². The summed E-state index contributed by atoms with van der Waals surface area (Å²) < 4.78 is 26.1. The van der Waals surface area contributed by atoms with E-state index in [1.807, 2.05) is 0 Å². The zero-order valence-electron chi connectivity index (χ0n) is 6.54. The molecule has 0 aromatic carbocycles. The van der Waals surface area contributed by atoms with E-state index in [4.69, 9.17) is 4.18 Å². The first kappa shape index (κ1) is 8.96. The van der Waals surface area contributed by atoms with Crippen LogP contribution in [-0.2, 0) is 14.3 Å². The largest absolute Gasteiger partial charge is 0.314 e. The van der Waals surface area contributed by atoms with Gasteiger partial charge in [0.15, 0.2) is 0 Å². The van der Waals surface area contributed by atoms with Gasteiger partial charge in [0.2, 0.25) is 0 Å². The van der Waals surface area contributed by atoms with E-state index in [-0.39, 0.29) is 6.10 Å². The fraction of sp³-hybridized carbons (Fsp3) is 1.00. The van der Waals surface area contributed by atoms with Crippen molar-refractivity contribution in [3.8, 4) is 0 Å². The van der Waals surface area contributed by atoms with Gasteiger partial charge in [0.25, 0.3) is 10.1 Å². The number of rotatable bonds is 2. The maximum absolute atomic E-state index is 10.6. The van der Waals surface area contributed by atoms with Crippen molar-refractivity contribution in [3.05, 3.63) is 0 Å². The standard InChI is InChI=1S/C6H13NO3S/c1-11(8,9)10-6-3-2-4-7-5-6/h6-7H,2-5H2,1H3. The van der Waals surface area contributed by atoms with Crippen molar-refractivity contribution in [2.24, 2.45) is 0 Å². The number of hydrogen-bond donors (Lipinski definition) is 1. The Bertz CT molecular complexity index is 206. The first-order valence-corrected chi connectivity index (χ1v) is 5.48. The molecule has 66 valence electrons. The lowest BCUT2D eigenvalue weighted by Gasteiger charge is -2.21. The van der Waals surface area contributed by atoms with Crippen LogP contribution in [-0.4, -0.2) is 33.9 Å².